The molecule has 0 amide bonds. The molecule has 0 atom stereocenters. The van der Waals surface area contributed by atoms with Crippen LogP contribution in [0.4, 0.5) is 5.69 Å². The number of hydrogen-bond acceptors (Lipinski definition) is 2. The third-order valence-electron chi connectivity index (χ3n) is 2.19. The number of benzene rings is 2. The molecule has 0 unspecified atom stereocenters. The number of nitrogens with zero attached hydrogens (tertiary/aromatic N) is 1. The van der Waals surface area contributed by atoms with Crippen molar-refractivity contribution in [3.8, 4) is 0 Å². The Morgan fingerprint density at radius 1 is 1.07 bits per heavy atom. The standard InChI is InChI=1S/C11H9NO2/c1-8-2-3-9-4-5-11(12(13)14)7-10(9)6-8/h2-7H,1H3. The zero-order valence-corrected chi connectivity index (χ0v) is 7.73. The average Bonchev–Trinajstić information content (AvgIpc) is 2.16. The van der Waals surface area contributed by atoms with Gasteiger partial charge in [0.1, 0.15) is 0 Å². The molecule has 3 heteroatoms. The van der Waals surface area contributed by atoms with Gasteiger partial charge in [-0.3, -0.25) is 10.1 Å². The van der Waals surface area contributed by atoms with Crippen LogP contribution in [0.3, 0.4) is 0 Å². The Balaban J connectivity index is 2.69. The van der Waals surface area contributed by atoms with E-state index in [0.717, 1.165) is 16.3 Å². The molecule has 0 saturated heterocycles. The maximum absolute atomic E-state index is 10.5. The molecule has 0 fully saturated rings. The Morgan fingerprint density at radius 2 is 1.79 bits per heavy atom. The highest BCUT2D eigenvalue weighted by atomic mass is 16.6. The monoisotopic (exact) mass is 187 g/mol. The molecule has 0 aliphatic rings. The highest BCUT2D eigenvalue weighted by Crippen LogP contribution is 2.21. The zero-order chi connectivity index (χ0) is 10.1. The fraction of sp³-hybridized carbons (Fsp3) is 0.0909. The molecule has 2 aromatic carbocycles. The third kappa shape index (κ3) is 1.44. The molecule has 2 rings (SSSR count). The van der Waals surface area contributed by atoms with Crippen LogP contribution in [-0.2, 0) is 0 Å². The van der Waals surface area contributed by atoms with Gasteiger partial charge in [0.2, 0.25) is 0 Å². The minimum Gasteiger partial charge on any atom is -0.258 e. The molecule has 0 aromatic heterocycles. The summed E-state index contributed by atoms with van der Waals surface area (Å²) in [7, 11) is 0. The van der Waals surface area contributed by atoms with E-state index in [1.165, 1.54) is 6.07 Å². The first-order valence-corrected chi connectivity index (χ1v) is 4.31. The average molecular weight is 187 g/mol. The van der Waals surface area contributed by atoms with Gasteiger partial charge in [-0.25, -0.2) is 0 Å². The lowest BCUT2D eigenvalue weighted by Crippen LogP contribution is -1.87. The highest BCUT2D eigenvalue weighted by molar-refractivity contribution is 5.85. The molecule has 2 aromatic rings. The van der Waals surface area contributed by atoms with Gasteiger partial charge < -0.3 is 0 Å². The van der Waals surface area contributed by atoms with Gasteiger partial charge in [0, 0.05) is 12.1 Å². The van der Waals surface area contributed by atoms with E-state index in [2.05, 4.69) is 0 Å². The zero-order valence-electron chi connectivity index (χ0n) is 7.73. The summed E-state index contributed by atoms with van der Waals surface area (Å²) in [6, 6.07) is 10.8. The summed E-state index contributed by atoms with van der Waals surface area (Å²) >= 11 is 0. The summed E-state index contributed by atoms with van der Waals surface area (Å²) in [5.74, 6) is 0. The molecule has 0 aliphatic carbocycles. The second-order valence-corrected chi connectivity index (χ2v) is 3.29. The first-order valence-electron chi connectivity index (χ1n) is 4.31. The van der Waals surface area contributed by atoms with Crippen LogP contribution in [-0.4, -0.2) is 4.92 Å². The summed E-state index contributed by atoms with van der Waals surface area (Å²) in [6.07, 6.45) is 0. The van der Waals surface area contributed by atoms with Gasteiger partial charge in [-0.05, 0) is 23.8 Å². The maximum atomic E-state index is 10.5. The van der Waals surface area contributed by atoms with Gasteiger partial charge >= 0.3 is 0 Å². The minimum atomic E-state index is -0.373. The van der Waals surface area contributed by atoms with Crippen LogP contribution in [0, 0.1) is 17.0 Å². The van der Waals surface area contributed by atoms with Crippen molar-refractivity contribution in [2.45, 2.75) is 6.92 Å². The van der Waals surface area contributed by atoms with Crippen molar-refractivity contribution in [3.63, 3.8) is 0 Å². The lowest BCUT2D eigenvalue weighted by atomic mass is 10.1. The highest BCUT2D eigenvalue weighted by Gasteiger charge is 2.05. The van der Waals surface area contributed by atoms with Crippen molar-refractivity contribution in [1.29, 1.82) is 0 Å². The van der Waals surface area contributed by atoms with Crippen molar-refractivity contribution in [1.82, 2.24) is 0 Å². The number of hydrogen-bond donors (Lipinski definition) is 0. The number of nitro groups is 1. The maximum Gasteiger partial charge on any atom is 0.270 e. The largest absolute Gasteiger partial charge is 0.270 e. The predicted molar refractivity (Wildman–Crippen MR) is 55.3 cm³/mol. The lowest BCUT2D eigenvalue weighted by Gasteiger charge is -1.98. The van der Waals surface area contributed by atoms with Gasteiger partial charge in [-0.1, -0.05) is 23.8 Å². The number of nitro benzene ring substituents is 1. The molecule has 0 N–H and O–H groups in total. The molecular weight excluding hydrogens is 178 g/mol. The molecule has 70 valence electrons. The van der Waals surface area contributed by atoms with Crippen LogP contribution in [0.2, 0.25) is 0 Å². The molecular formula is C11H9NO2. The van der Waals surface area contributed by atoms with E-state index in [4.69, 9.17) is 0 Å². The topological polar surface area (TPSA) is 43.1 Å². The predicted octanol–water partition coefficient (Wildman–Crippen LogP) is 3.06. The Kier molecular flexibility index (Phi) is 1.93. The molecule has 0 aliphatic heterocycles. The van der Waals surface area contributed by atoms with E-state index in [0.29, 0.717) is 0 Å². The van der Waals surface area contributed by atoms with E-state index in [-0.39, 0.29) is 10.6 Å². The van der Waals surface area contributed by atoms with Crippen molar-refractivity contribution in [2.75, 3.05) is 0 Å². The quantitative estimate of drug-likeness (QED) is 0.508. The van der Waals surface area contributed by atoms with Crippen LogP contribution in [0.5, 0.6) is 0 Å². The van der Waals surface area contributed by atoms with Gasteiger partial charge in [0.25, 0.3) is 5.69 Å². The number of fused-ring (bicyclic) bond motifs is 1. The van der Waals surface area contributed by atoms with Crippen molar-refractivity contribution < 1.29 is 4.92 Å². The van der Waals surface area contributed by atoms with E-state index < -0.39 is 0 Å². The van der Waals surface area contributed by atoms with Gasteiger partial charge in [-0.15, -0.1) is 0 Å². The molecule has 0 radical (unpaired) electrons. The van der Waals surface area contributed by atoms with E-state index >= 15 is 0 Å². The first-order chi connectivity index (χ1) is 6.66. The third-order valence-corrected chi connectivity index (χ3v) is 2.19. The normalized spacial score (nSPS) is 10.4. The van der Waals surface area contributed by atoms with Crippen LogP contribution in [0.25, 0.3) is 10.8 Å². The first kappa shape index (κ1) is 8.69. The Hall–Kier alpha value is -1.90. The molecule has 0 saturated carbocycles. The van der Waals surface area contributed by atoms with Gasteiger partial charge in [-0.2, -0.15) is 0 Å². The van der Waals surface area contributed by atoms with Crippen LogP contribution in [0.15, 0.2) is 36.4 Å². The Bertz CT molecular complexity index is 506. The SMILES string of the molecule is Cc1ccc2ccc([N+](=O)[O-])cc2c1. The summed E-state index contributed by atoms with van der Waals surface area (Å²) in [6.45, 7) is 1.97. The van der Waals surface area contributed by atoms with Crippen LogP contribution in [0.1, 0.15) is 5.56 Å². The summed E-state index contributed by atoms with van der Waals surface area (Å²) < 4.78 is 0. The molecule has 0 bridgehead atoms. The second kappa shape index (κ2) is 3.10. The number of non-ortho nitro benzene ring substituents is 1. The minimum absolute atomic E-state index is 0.142. The van der Waals surface area contributed by atoms with Gasteiger partial charge in [0.05, 0.1) is 4.92 Å². The van der Waals surface area contributed by atoms with E-state index in [9.17, 15) is 10.1 Å². The Labute approximate surface area is 81.1 Å². The second-order valence-electron chi connectivity index (χ2n) is 3.29. The van der Waals surface area contributed by atoms with Crippen molar-refractivity contribution in [2.24, 2.45) is 0 Å². The molecule has 14 heavy (non-hydrogen) atoms. The smallest absolute Gasteiger partial charge is 0.258 e. The Morgan fingerprint density at radius 3 is 2.50 bits per heavy atom. The summed E-state index contributed by atoms with van der Waals surface area (Å²) in [5, 5.41) is 12.5. The number of aryl methyl sites for hydroxylation is 1. The number of rotatable bonds is 1. The van der Waals surface area contributed by atoms with Crippen molar-refractivity contribution >= 4 is 16.5 Å². The fourth-order valence-electron chi connectivity index (χ4n) is 1.47. The van der Waals surface area contributed by atoms with Crippen LogP contribution >= 0.6 is 0 Å². The summed E-state index contributed by atoms with van der Waals surface area (Å²) in [5.41, 5.74) is 1.25. The molecule has 0 heterocycles. The molecule has 3 nitrogen and oxygen atoms in total. The van der Waals surface area contributed by atoms with Gasteiger partial charge in [0.15, 0.2) is 0 Å². The summed E-state index contributed by atoms with van der Waals surface area (Å²) in [4.78, 5) is 10.2. The van der Waals surface area contributed by atoms with E-state index in [1.54, 1.807) is 12.1 Å². The molecule has 0 spiro atoms. The lowest BCUT2D eigenvalue weighted by molar-refractivity contribution is -0.384. The van der Waals surface area contributed by atoms with Crippen molar-refractivity contribution in [3.05, 3.63) is 52.1 Å². The van der Waals surface area contributed by atoms with E-state index in [1.807, 2.05) is 25.1 Å². The van der Waals surface area contributed by atoms with Crippen LogP contribution < -0.4 is 0 Å². The fourth-order valence-corrected chi connectivity index (χ4v) is 1.47.